The number of piperidine rings is 1. The Hall–Kier alpha value is -3.21. The Morgan fingerprint density at radius 1 is 1.13 bits per heavy atom. The molecule has 0 bridgehead atoms. The van der Waals surface area contributed by atoms with E-state index in [4.69, 9.17) is 0 Å². The molecule has 5 nitrogen and oxygen atoms in total. The molecule has 4 rings (SSSR count). The number of ketones is 1. The molecule has 0 radical (unpaired) electrons. The van der Waals surface area contributed by atoms with E-state index in [1.165, 1.54) is 5.56 Å². The maximum atomic E-state index is 12.8. The maximum Gasteiger partial charge on any atom is 0.255 e. The van der Waals surface area contributed by atoms with Gasteiger partial charge in [0, 0.05) is 30.6 Å². The number of amides is 2. The molecule has 2 aromatic carbocycles. The van der Waals surface area contributed by atoms with E-state index in [2.05, 4.69) is 11.9 Å². The molecule has 1 unspecified atom stereocenters. The lowest BCUT2D eigenvalue weighted by Crippen LogP contribution is -2.49. The molecule has 2 aliphatic heterocycles. The highest BCUT2D eigenvalue weighted by molar-refractivity contribution is 6.01. The summed E-state index contributed by atoms with van der Waals surface area (Å²) in [6, 6.07) is 13.3. The molecule has 5 heteroatoms. The van der Waals surface area contributed by atoms with Crippen LogP contribution in [0.2, 0.25) is 0 Å². The lowest BCUT2D eigenvalue weighted by Gasteiger charge is -2.30. The minimum absolute atomic E-state index is 0.0975. The molecule has 1 fully saturated rings. The van der Waals surface area contributed by atoms with Crippen LogP contribution < -0.4 is 5.32 Å². The van der Waals surface area contributed by atoms with Gasteiger partial charge in [0.1, 0.15) is 11.8 Å². The van der Waals surface area contributed by atoms with Crippen LogP contribution in [-0.4, -0.2) is 28.5 Å². The van der Waals surface area contributed by atoms with Crippen LogP contribution in [0, 0.1) is 6.92 Å². The number of nitrogens with one attached hydrogen (secondary N) is 1. The standard InChI is InChI=1S/C25H26N2O3/c1-16-3-6-19(7-4-16)14-21(28)10-8-18-9-11-22-20(13-18)15-27(25(22)30)23-12-5-17(2)26-24(23)29/h3-4,6-7,9,11,13,23H,2,5,8,10,12,14-15H2,1H3,(H,26,29). The average molecular weight is 402 g/mol. The fourth-order valence-corrected chi connectivity index (χ4v) is 4.17. The third kappa shape index (κ3) is 4.20. The summed E-state index contributed by atoms with van der Waals surface area (Å²) >= 11 is 0. The first-order valence-electron chi connectivity index (χ1n) is 10.4. The highest BCUT2D eigenvalue weighted by Crippen LogP contribution is 2.29. The zero-order valence-electron chi connectivity index (χ0n) is 17.2. The highest BCUT2D eigenvalue weighted by atomic mass is 16.2. The van der Waals surface area contributed by atoms with Crippen molar-refractivity contribution in [3.8, 4) is 0 Å². The van der Waals surface area contributed by atoms with Crippen molar-refractivity contribution in [3.05, 3.63) is 82.6 Å². The number of Topliss-reactive ketones (excluding diaryl/α,β-unsaturated/α-hetero) is 1. The monoisotopic (exact) mass is 402 g/mol. The van der Waals surface area contributed by atoms with Gasteiger partial charge in [-0.25, -0.2) is 0 Å². The number of benzene rings is 2. The minimum atomic E-state index is -0.449. The van der Waals surface area contributed by atoms with E-state index < -0.39 is 6.04 Å². The Balaban J connectivity index is 1.38. The van der Waals surface area contributed by atoms with Gasteiger partial charge in [-0.1, -0.05) is 48.5 Å². The van der Waals surface area contributed by atoms with Crippen LogP contribution in [0.1, 0.15) is 51.9 Å². The van der Waals surface area contributed by atoms with Crippen LogP contribution in [0.5, 0.6) is 0 Å². The molecule has 2 aromatic rings. The summed E-state index contributed by atoms with van der Waals surface area (Å²) in [5.41, 5.74) is 5.56. The Morgan fingerprint density at radius 2 is 1.87 bits per heavy atom. The Labute approximate surface area is 176 Å². The van der Waals surface area contributed by atoms with E-state index in [1.807, 2.05) is 49.4 Å². The number of hydrogen-bond acceptors (Lipinski definition) is 3. The van der Waals surface area contributed by atoms with Gasteiger partial charge in [0.15, 0.2) is 0 Å². The summed E-state index contributed by atoms with van der Waals surface area (Å²) in [5, 5.41) is 2.76. The number of carbonyl (C=O) groups is 3. The van der Waals surface area contributed by atoms with Crippen molar-refractivity contribution in [1.82, 2.24) is 10.2 Å². The van der Waals surface area contributed by atoms with E-state index in [-0.39, 0.29) is 17.6 Å². The van der Waals surface area contributed by atoms with Crippen molar-refractivity contribution >= 4 is 17.6 Å². The fraction of sp³-hybridized carbons (Fsp3) is 0.320. The second kappa shape index (κ2) is 8.27. The molecular weight excluding hydrogens is 376 g/mol. The topological polar surface area (TPSA) is 66.5 Å². The molecule has 0 aromatic heterocycles. The molecule has 1 atom stereocenters. The third-order valence-electron chi connectivity index (χ3n) is 5.91. The van der Waals surface area contributed by atoms with E-state index >= 15 is 0 Å². The first-order valence-corrected chi connectivity index (χ1v) is 10.4. The lowest BCUT2D eigenvalue weighted by molar-refractivity contribution is -0.126. The van der Waals surface area contributed by atoms with E-state index in [1.54, 1.807) is 4.90 Å². The Morgan fingerprint density at radius 3 is 2.60 bits per heavy atom. The first-order chi connectivity index (χ1) is 14.4. The van der Waals surface area contributed by atoms with Crippen LogP contribution in [-0.2, 0) is 29.0 Å². The average Bonchev–Trinajstić information content (AvgIpc) is 3.04. The fourth-order valence-electron chi connectivity index (χ4n) is 4.17. The minimum Gasteiger partial charge on any atom is -0.329 e. The van der Waals surface area contributed by atoms with Crippen molar-refractivity contribution in [3.63, 3.8) is 0 Å². The van der Waals surface area contributed by atoms with Crippen LogP contribution in [0.3, 0.4) is 0 Å². The smallest absolute Gasteiger partial charge is 0.255 e. The molecular formula is C25H26N2O3. The first kappa shape index (κ1) is 20.1. The van der Waals surface area contributed by atoms with Gasteiger partial charge < -0.3 is 10.2 Å². The number of rotatable bonds is 6. The Bertz CT molecular complexity index is 1020. The van der Waals surface area contributed by atoms with Crippen molar-refractivity contribution in [2.24, 2.45) is 0 Å². The van der Waals surface area contributed by atoms with Crippen molar-refractivity contribution in [2.45, 2.75) is 51.6 Å². The normalized spacial score (nSPS) is 18.4. The predicted octanol–water partition coefficient (Wildman–Crippen LogP) is 3.49. The van der Waals surface area contributed by atoms with Crippen LogP contribution >= 0.6 is 0 Å². The summed E-state index contributed by atoms with van der Waals surface area (Å²) in [6.45, 7) is 6.26. The molecule has 0 spiro atoms. The number of allylic oxidation sites excluding steroid dienone is 1. The molecule has 0 saturated carbocycles. The quantitative estimate of drug-likeness (QED) is 0.804. The SMILES string of the molecule is C=C1CCC(N2Cc3cc(CCC(=O)Cc4ccc(C)cc4)ccc3C2=O)C(=O)N1. The van der Waals surface area contributed by atoms with Crippen LogP contribution in [0.4, 0.5) is 0 Å². The molecule has 2 heterocycles. The van der Waals surface area contributed by atoms with Gasteiger partial charge in [-0.15, -0.1) is 0 Å². The number of fused-ring (bicyclic) bond motifs is 1. The van der Waals surface area contributed by atoms with Crippen molar-refractivity contribution in [2.75, 3.05) is 0 Å². The maximum absolute atomic E-state index is 12.8. The van der Waals surface area contributed by atoms with Crippen LogP contribution in [0.25, 0.3) is 0 Å². The molecule has 154 valence electrons. The number of carbonyl (C=O) groups excluding carboxylic acids is 3. The summed E-state index contributed by atoms with van der Waals surface area (Å²) in [4.78, 5) is 39.1. The van der Waals surface area contributed by atoms with Gasteiger partial charge in [0.05, 0.1) is 0 Å². The van der Waals surface area contributed by atoms with Gasteiger partial charge in [-0.2, -0.15) is 0 Å². The summed E-state index contributed by atoms with van der Waals surface area (Å²) in [5.74, 6) is -0.0508. The van der Waals surface area contributed by atoms with E-state index in [9.17, 15) is 14.4 Å². The molecule has 0 aliphatic carbocycles. The summed E-state index contributed by atoms with van der Waals surface area (Å²) in [6.07, 6.45) is 2.85. The molecule has 1 saturated heterocycles. The number of aryl methyl sites for hydroxylation is 2. The molecule has 30 heavy (non-hydrogen) atoms. The molecule has 1 N–H and O–H groups in total. The van der Waals surface area contributed by atoms with Gasteiger partial charge in [0.2, 0.25) is 5.91 Å². The number of nitrogens with zero attached hydrogens (tertiary/aromatic N) is 1. The molecule has 2 aliphatic rings. The van der Waals surface area contributed by atoms with Crippen molar-refractivity contribution in [1.29, 1.82) is 0 Å². The van der Waals surface area contributed by atoms with Crippen LogP contribution in [0.15, 0.2) is 54.7 Å². The zero-order chi connectivity index (χ0) is 21.3. The van der Waals surface area contributed by atoms with Crippen molar-refractivity contribution < 1.29 is 14.4 Å². The highest BCUT2D eigenvalue weighted by Gasteiger charge is 2.38. The third-order valence-corrected chi connectivity index (χ3v) is 5.91. The van der Waals surface area contributed by atoms with Gasteiger partial charge in [0.25, 0.3) is 5.91 Å². The zero-order valence-corrected chi connectivity index (χ0v) is 17.2. The van der Waals surface area contributed by atoms with E-state index in [0.29, 0.717) is 49.9 Å². The Kier molecular flexibility index (Phi) is 5.53. The summed E-state index contributed by atoms with van der Waals surface area (Å²) < 4.78 is 0. The molecule has 2 amide bonds. The lowest BCUT2D eigenvalue weighted by atomic mass is 9.99. The van der Waals surface area contributed by atoms with Gasteiger partial charge in [-0.3, -0.25) is 14.4 Å². The largest absolute Gasteiger partial charge is 0.329 e. The van der Waals surface area contributed by atoms with Gasteiger partial charge >= 0.3 is 0 Å². The summed E-state index contributed by atoms with van der Waals surface area (Å²) in [7, 11) is 0. The number of hydrogen-bond donors (Lipinski definition) is 1. The van der Waals surface area contributed by atoms with E-state index in [0.717, 1.165) is 16.7 Å². The van der Waals surface area contributed by atoms with Gasteiger partial charge in [-0.05, 0) is 48.9 Å². The second-order valence-electron chi connectivity index (χ2n) is 8.27. The predicted molar refractivity (Wildman–Crippen MR) is 115 cm³/mol. The second-order valence-corrected chi connectivity index (χ2v) is 8.27.